The lowest BCUT2D eigenvalue weighted by atomic mass is 10.1. The molecule has 1 heterocycles. The van der Waals surface area contributed by atoms with Crippen LogP contribution in [-0.2, 0) is 4.74 Å². The lowest BCUT2D eigenvalue weighted by Gasteiger charge is -2.03. The van der Waals surface area contributed by atoms with Gasteiger partial charge in [0.1, 0.15) is 7.05 Å². The fourth-order valence-electron chi connectivity index (χ4n) is 1.92. The van der Waals surface area contributed by atoms with Crippen molar-refractivity contribution in [2.45, 2.75) is 32.9 Å². The van der Waals surface area contributed by atoms with Gasteiger partial charge in [0, 0.05) is 6.92 Å². The van der Waals surface area contributed by atoms with Gasteiger partial charge in [-0.3, -0.25) is 0 Å². The van der Waals surface area contributed by atoms with E-state index in [0.717, 1.165) is 5.90 Å². The summed E-state index contributed by atoms with van der Waals surface area (Å²) in [5, 5.41) is 0. The summed E-state index contributed by atoms with van der Waals surface area (Å²) in [6.45, 7) is 6.43. The van der Waals surface area contributed by atoms with Crippen LogP contribution < -0.4 is 0 Å². The van der Waals surface area contributed by atoms with Crippen molar-refractivity contribution in [3.05, 3.63) is 35.4 Å². The minimum Gasteiger partial charge on any atom is -0.434 e. The highest BCUT2D eigenvalue weighted by molar-refractivity contribution is 5.92. The standard InChI is InChI=1S/C13H18NO/c1-9-7-5-6-8-12(9)13-14(4)10(2)11(3)15-13/h5-8,10-11H,1-4H3/q+1. The molecule has 0 radical (unpaired) electrons. The number of ether oxygens (including phenoxy) is 1. The molecule has 0 spiro atoms. The van der Waals surface area contributed by atoms with E-state index in [9.17, 15) is 0 Å². The van der Waals surface area contributed by atoms with Gasteiger partial charge in [0.05, 0.1) is 5.56 Å². The van der Waals surface area contributed by atoms with E-state index in [0.29, 0.717) is 6.04 Å². The maximum Gasteiger partial charge on any atom is 0.370 e. The van der Waals surface area contributed by atoms with Crippen molar-refractivity contribution in [3.8, 4) is 0 Å². The van der Waals surface area contributed by atoms with E-state index in [1.807, 2.05) is 0 Å². The van der Waals surface area contributed by atoms with Crippen molar-refractivity contribution < 1.29 is 9.31 Å². The molecule has 0 bridgehead atoms. The molecule has 1 aromatic carbocycles. The second-order valence-electron chi connectivity index (χ2n) is 4.29. The van der Waals surface area contributed by atoms with E-state index in [1.165, 1.54) is 11.1 Å². The number of hydrogen-bond acceptors (Lipinski definition) is 1. The topological polar surface area (TPSA) is 12.2 Å². The Morgan fingerprint density at radius 2 is 1.87 bits per heavy atom. The second kappa shape index (κ2) is 3.69. The van der Waals surface area contributed by atoms with Crippen molar-refractivity contribution >= 4 is 5.90 Å². The summed E-state index contributed by atoms with van der Waals surface area (Å²) < 4.78 is 8.11. The third kappa shape index (κ3) is 1.65. The Balaban J connectivity index is 2.45. The molecule has 0 saturated heterocycles. The fraction of sp³-hybridized carbons (Fsp3) is 0.462. The second-order valence-corrected chi connectivity index (χ2v) is 4.29. The average molecular weight is 204 g/mol. The van der Waals surface area contributed by atoms with Crippen LogP contribution in [0.3, 0.4) is 0 Å². The lowest BCUT2D eigenvalue weighted by Crippen LogP contribution is -2.24. The third-order valence-electron chi connectivity index (χ3n) is 3.28. The molecular weight excluding hydrogens is 186 g/mol. The molecule has 0 aliphatic carbocycles. The van der Waals surface area contributed by atoms with Gasteiger partial charge in [0.25, 0.3) is 0 Å². The summed E-state index contributed by atoms with van der Waals surface area (Å²) in [5.41, 5.74) is 2.47. The van der Waals surface area contributed by atoms with Crippen LogP contribution in [-0.4, -0.2) is 29.7 Å². The quantitative estimate of drug-likeness (QED) is 0.639. The molecule has 2 atom stereocenters. The maximum absolute atomic E-state index is 5.90. The highest BCUT2D eigenvalue weighted by atomic mass is 16.5. The maximum atomic E-state index is 5.90. The average Bonchev–Trinajstić information content (AvgIpc) is 2.47. The van der Waals surface area contributed by atoms with Crippen molar-refractivity contribution in [1.29, 1.82) is 0 Å². The number of likely N-dealkylation sites (N-methyl/N-ethyl adjacent to an activating group) is 1. The van der Waals surface area contributed by atoms with E-state index >= 15 is 0 Å². The van der Waals surface area contributed by atoms with Crippen molar-refractivity contribution in [2.24, 2.45) is 0 Å². The number of benzene rings is 1. The first kappa shape index (κ1) is 10.2. The van der Waals surface area contributed by atoms with Gasteiger partial charge >= 0.3 is 5.90 Å². The van der Waals surface area contributed by atoms with Gasteiger partial charge in [0.15, 0.2) is 12.1 Å². The fourth-order valence-corrected chi connectivity index (χ4v) is 1.92. The summed E-state index contributed by atoms with van der Waals surface area (Å²) in [7, 11) is 2.09. The molecule has 0 saturated carbocycles. The van der Waals surface area contributed by atoms with Crippen LogP contribution in [0, 0.1) is 6.92 Å². The van der Waals surface area contributed by atoms with Crippen molar-refractivity contribution in [1.82, 2.24) is 0 Å². The van der Waals surface area contributed by atoms with Gasteiger partial charge < -0.3 is 4.74 Å². The first-order valence-corrected chi connectivity index (χ1v) is 5.43. The Hall–Kier alpha value is -1.31. The van der Waals surface area contributed by atoms with Crippen LogP contribution in [0.4, 0.5) is 0 Å². The Labute approximate surface area is 91.2 Å². The first-order chi connectivity index (χ1) is 7.11. The number of hydrogen-bond donors (Lipinski definition) is 0. The zero-order valence-electron chi connectivity index (χ0n) is 9.82. The van der Waals surface area contributed by atoms with Crippen LogP contribution in [0.2, 0.25) is 0 Å². The molecular formula is C13H18NO+. The van der Waals surface area contributed by atoms with Gasteiger partial charge in [-0.15, -0.1) is 0 Å². The Bertz CT molecular complexity index is 409. The van der Waals surface area contributed by atoms with E-state index in [1.54, 1.807) is 0 Å². The summed E-state index contributed by atoms with van der Waals surface area (Å²) in [4.78, 5) is 0. The van der Waals surface area contributed by atoms with Crippen LogP contribution in [0.15, 0.2) is 24.3 Å². The van der Waals surface area contributed by atoms with Crippen LogP contribution in [0.1, 0.15) is 25.0 Å². The van der Waals surface area contributed by atoms with Gasteiger partial charge in [-0.2, -0.15) is 4.58 Å². The highest BCUT2D eigenvalue weighted by Crippen LogP contribution is 2.18. The van der Waals surface area contributed by atoms with Crippen molar-refractivity contribution in [2.75, 3.05) is 7.05 Å². The minimum absolute atomic E-state index is 0.268. The minimum atomic E-state index is 0.268. The van der Waals surface area contributed by atoms with Gasteiger partial charge in [-0.1, -0.05) is 18.2 Å². The number of aryl methyl sites for hydroxylation is 1. The SMILES string of the molecule is Cc1ccccc1C1=[N+](C)C(C)C(C)O1. The Morgan fingerprint density at radius 1 is 1.20 bits per heavy atom. The monoisotopic (exact) mass is 204 g/mol. The molecule has 2 unspecified atom stereocenters. The Morgan fingerprint density at radius 3 is 2.40 bits per heavy atom. The van der Waals surface area contributed by atoms with E-state index in [4.69, 9.17) is 4.74 Å². The third-order valence-corrected chi connectivity index (χ3v) is 3.28. The highest BCUT2D eigenvalue weighted by Gasteiger charge is 2.36. The number of rotatable bonds is 1. The van der Waals surface area contributed by atoms with Gasteiger partial charge in [0.2, 0.25) is 0 Å². The molecule has 0 amide bonds. The summed E-state index contributed by atoms with van der Waals surface area (Å²) in [6.07, 6.45) is 0.268. The predicted molar refractivity (Wildman–Crippen MR) is 61.5 cm³/mol. The summed E-state index contributed by atoms with van der Waals surface area (Å²) in [6, 6.07) is 8.79. The van der Waals surface area contributed by atoms with Crippen LogP contribution in [0.5, 0.6) is 0 Å². The van der Waals surface area contributed by atoms with Gasteiger partial charge in [-0.25, -0.2) is 0 Å². The van der Waals surface area contributed by atoms with E-state index in [-0.39, 0.29) is 6.10 Å². The molecule has 0 fully saturated rings. The molecule has 1 aromatic rings. The van der Waals surface area contributed by atoms with E-state index < -0.39 is 0 Å². The van der Waals surface area contributed by atoms with Crippen LogP contribution >= 0.6 is 0 Å². The lowest BCUT2D eigenvalue weighted by molar-refractivity contribution is -0.526. The molecule has 1 aliphatic rings. The molecule has 80 valence electrons. The molecule has 0 aromatic heterocycles. The molecule has 2 rings (SSSR count). The predicted octanol–water partition coefficient (Wildman–Crippen LogP) is 2.19. The zero-order chi connectivity index (χ0) is 11.0. The Kier molecular flexibility index (Phi) is 2.51. The van der Waals surface area contributed by atoms with Gasteiger partial charge in [-0.05, 0) is 25.5 Å². The summed E-state index contributed by atoms with van der Waals surface area (Å²) >= 11 is 0. The molecule has 0 N–H and O–H groups in total. The smallest absolute Gasteiger partial charge is 0.370 e. The van der Waals surface area contributed by atoms with Crippen LogP contribution in [0.25, 0.3) is 0 Å². The molecule has 2 heteroatoms. The molecule has 15 heavy (non-hydrogen) atoms. The molecule has 1 aliphatic heterocycles. The normalized spacial score (nSPS) is 25.6. The van der Waals surface area contributed by atoms with Crippen molar-refractivity contribution in [3.63, 3.8) is 0 Å². The number of nitrogens with zero attached hydrogens (tertiary/aromatic N) is 1. The zero-order valence-corrected chi connectivity index (χ0v) is 9.82. The molecule has 2 nitrogen and oxygen atoms in total. The summed E-state index contributed by atoms with van der Waals surface area (Å²) in [5.74, 6) is 1.01. The largest absolute Gasteiger partial charge is 0.434 e. The first-order valence-electron chi connectivity index (χ1n) is 5.43. The van der Waals surface area contributed by atoms with E-state index in [2.05, 4.69) is 56.7 Å².